The molecule has 1 N–H and O–H groups in total. The Morgan fingerprint density at radius 3 is 2.42 bits per heavy atom. The van der Waals surface area contributed by atoms with Crippen molar-refractivity contribution in [2.45, 2.75) is 69.4 Å². The van der Waals surface area contributed by atoms with Crippen LogP contribution < -0.4 is 14.8 Å². The highest BCUT2D eigenvalue weighted by molar-refractivity contribution is 7.89. The monoisotopic (exact) mass is 456 g/mol. The third-order valence-electron chi connectivity index (χ3n) is 5.34. The van der Waals surface area contributed by atoms with Crippen LogP contribution in [0.15, 0.2) is 23.1 Å². The first-order valence-corrected chi connectivity index (χ1v) is 12.4. The zero-order chi connectivity index (χ0) is 22.9. The fraction of sp³-hybridized carbons (Fsp3) is 0.682. The summed E-state index contributed by atoms with van der Waals surface area (Å²) in [5, 5.41) is 2.82. The minimum absolute atomic E-state index is 0.0915. The van der Waals surface area contributed by atoms with Gasteiger partial charge in [-0.05, 0) is 45.2 Å². The minimum atomic E-state index is -3.89. The maximum atomic E-state index is 13.5. The van der Waals surface area contributed by atoms with Crippen molar-refractivity contribution in [2.75, 3.05) is 33.9 Å². The van der Waals surface area contributed by atoms with Crippen LogP contribution in [0.5, 0.6) is 11.5 Å². The highest BCUT2D eigenvalue weighted by atomic mass is 32.2. The Balaban J connectivity index is 2.16. The van der Waals surface area contributed by atoms with Gasteiger partial charge in [0.25, 0.3) is 0 Å². The van der Waals surface area contributed by atoms with E-state index in [0.29, 0.717) is 31.1 Å². The summed E-state index contributed by atoms with van der Waals surface area (Å²) in [5.41, 5.74) is 0. The van der Waals surface area contributed by atoms with Crippen molar-refractivity contribution in [1.82, 2.24) is 9.62 Å². The van der Waals surface area contributed by atoms with E-state index in [9.17, 15) is 13.2 Å². The number of benzene rings is 1. The second-order valence-electron chi connectivity index (χ2n) is 7.98. The van der Waals surface area contributed by atoms with Crippen LogP contribution in [-0.4, -0.2) is 64.7 Å². The quantitative estimate of drug-likeness (QED) is 0.486. The summed E-state index contributed by atoms with van der Waals surface area (Å²) < 4.78 is 44.3. The van der Waals surface area contributed by atoms with Gasteiger partial charge in [0.1, 0.15) is 0 Å². The van der Waals surface area contributed by atoms with Crippen LogP contribution in [-0.2, 0) is 19.6 Å². The van der Waals surface area contributed by atoms with E-state index in [1.807, 2.05) is 13.8 Å². The number of methoxy groups -OCH3 is 2. The number of ether oxygens (including phenoxy) is 3. The summed E-state index contributed by atoms with van der Waals surface area (Å²) in [5.74, 6) is 0.480. The maximum absolute atomic E-state index is 13.5. The molecule has 2 rings (SSSR count). The first kappa shape index (κ1) is 25.4. The lowest BCUT2D eigenvalue weighted by Gasteiger charge is -2.33. The van der Waals surface area contributed by atoms with Gasteiger partial charge >= 0.3 is 0 Å². The SMILES string of the molecule is COc1ccc(S(=O)(=O)N(CC(=O)NCCCOC(C)C)C2CCCCC2)cc1OC. The number of nitrogens with one attached hydrogen (secondary N) is 1. The lowest BCUT2D eigenvalue weighted by molar-refractivity contribution is -0.121. The molecule has 0 radical (unpaired) electrons. The highest BCUT2D eigenvalue weighted by Gasteiger charge is 2.34. The van der Waals surface area contributed by atoms with E-state index in [-0.39, 0.29) is 29.5 Å². The van der Waals surface area contributed by atoms with E-state index >= 15 is 0 Å². The summed E-state index contributed by atoms with van der Waals surface area (Å²) in [6.07, 6.45) is 5.32. The zero-order valence-electron chi connectivity index (χ0n) is 19.1. The molecule has 0 unspecified atom stereocenters. The molecule has 0 saturated heterocycles. The molecular formula is C22H36N2O6S. The van der Waals surface area contributed by atoms with Crippen molar-refractivity contribution < 1.29 is 27.4 Å². The van der Waals surface area contributed by atoms with Crippen molar-refractivity contribution in [3.8, 4) is 11.5 Å². The van der Waals surface area contributed by atoms with Crippen LogP contribution in [0.2, 0.25) is 0 Å². The van der Waals surface area contributed by atoms with Gasteiger partial charge in [0.15, 0.2) is 11.5 Å². The van der Waals surface area contributed by atoms with Gasteiger partial charge in [0.2, 0.25) is 15.9 Å². The fourth-order valence-corrected chi connectivity index (χ4v) is 5.37. The van der Waals surface area contributed by atoms with Gasteiger partial charge in [-0.2, -0.15) is 4.31 Å². The van der Waals surface area contributed by atoms with Gasteiger partial charge < -0.3 is 19.5 Å². The van der Waals surface area contributed by atoms with Crippen molar-refractivity contribution in [1.29, 1.82) is 0 Å². The Kier molecular flexibility index (Phi) is 10.1. The molecule has 1 amide bonds. The molecule has 0 bridgehead atoms. The first-order chi connectivity index (χ1) is 14.8. The van der Waals surface area contributed by atoms with E-state index < -0.39 is 10.0 Å². The predicted octanol–water partition coefficient (Wildman–Crippen LogP) is 2.96. The van der Waals surface area contributed by atoms with Crippen LogP contribution in [0.3, 0.4) is 0 Å². The molecule has 1 aliphatic carbocycles. The van der Waals surface area contributed by atoms with Crippen LogP contribution in [0.25, 0.3) is 0 Å². The van der Waals surface area contributed by atoms with Crippen molar-refractivity contribution >= 4 is 15.9 Å². The topological polar surface area (TPSA) is 94.2 Å². The van der Waals surface area contributed by atoms with E-state index in [4.69, 9.17) is 14.2 Å². The molecule has 1 fully saturated rings. The van der Waals surface area contributed by atoms with Gasteiger partial charge in [0, 0.05) is 25.3 Å². The van der Waals surface area contributed by atoms with Crippen LogP contribution in [0.4, 0.5) is 0 Å². The Bertz CT molecular complexity index is 806. The molecule has 1 aromatic carbocycles. The Morgan fingerprint density at radius 1 is 1.13 bits per heavy atom. The summed E-state index contributed by atoms with van der Waals surface area (Å²) >= 11 is 0. The van der Waals surface area contributed by atoms with Crippen LogP contribution in [0.1, 0.15) is 52.4 Å². The van der Waals surface area contributed by atoms with Gasteiger partial charge in [-0.25, -0.2) is 8.42 Å². The third kappa shape index (κ3) is 7.36. The van der Waals surface area contributed by atoms with Crippen molar-refractivity contribution in [3.63, 3.8) is 0 Å². The molecule has 31 heavy (non-hydrogen) atoms. The average molecular weight is 457 g/mol. The average Bonchev–Trinajstić information content (AvgIpc) is 2.76. The first-order valence-electron chi connectivity index (χ1n) is 10.9. The number of rotatable bonds is 12. The van der Waals surface area contributed by atoms with Gasteiger partial charge in [-0.1, -0.05) is 19.3 Å². The van der Waals surface area contributed by atoms with Gasteiger partial charge in [0.05, 0.1) is 31.8 Å². The number of hydrogen-bond donors (Lipinski definition) is 1. The smallest absolute Gasteiger partial charge is 0.243 e. The molecular weight excluding hydrogens is 420 g/mol. The zero-order valence-corrected chi connectivity index (χ0v) is 19.9. The number of amides is 1. The number of sulfonamides is 1. The molecule has 0 spiro atoms. The molecule has 1 aromatic rings. The standard InChI is InChI=1S/C22H36N2O6S/c1-17(2)30-14-8-13-23-22(25)16-24(18-9-6-5-7-10-18)31(26,27)19-11-12-20(28-3)21(15-19)29-4/h11-12,15,17-18H,5-10,13-14,16H2,1-4H3,(H,23,25). The minimum Gasteiger partial charge on any atom is -0.493 e. The molecule has 0 aliphatic heterocycles. The lowest BCUT2D eigenvalue weighted by Crippen LogP contribution is -2.47. The number of carbonyl (C=O) groups excluding carboxylic acids is 1. The summed E-state index contributed by atoms with van der Waals surface area (Å²) in [6, 6.07) is 4.32. The fourth-order valence-electron chi connectivity index (χ4n) is 3.71. The summed E-state index contributed by atoms with van der Waals surface area (Å²) in [7, 11) is -0.929. The summed E-state index contributed by atoms with van der Waals surface area (Å²) in [4.78, 5) is 12.7. The Hall–Kier alpha value is -1.84. The molecule has 0 heterocycles. The number of carbonyl (C=O) groups is 1. The van der Waals surface area contributed by atoms with Gasteiger partial charge in [-0.3, -0.25) is 4.79 Å². The molecule has 1 aliphatic rings. The second-order valence-corrected chi connectivity index (χ2v) is 9.87. The molecule has 1 saturated carbocycles. The van der Waals surface area contributed by atoms with E-state index in [0.717, 1.165) is 32.1 Å². The molecule has 9 heteroatoms. The van der Waals surface area contributed by atoms with Crippen LogP contribution in [0, 0.1) is 0 Å². The molecule has 0 aromatic heterocycles. The predicted molar refractivity (Wildman–Crippen MR) is 119 cm³/mol. The van der Waals surface area contributed by atoms with E-state index in [1.165, 1.54) is 30.7 Å². The van der Waals surface area contributed by atoms with E-state index in [1.54, 1.807) is 6.07 Å². The molecule has 176 valence electrons. The van der Waals surface area contributed by atoms with E-state index in [2.05, 4.69) is 5.32 Å². The van der Waals surface area contributed by atoms with Gasteiger partial charge in [-0.15, -0.1) is 0 Å². The van der Waals surface area contributed by atoms with Crippen molar-refractivity contribution in [3.05, 3.63) is 18.2 Å². The summed E-state index contributed by atoms with van der Waals surface area (Å²) in [6.45, 7) is 4.71. The Morgan fingerprint density at radius 2 is 1.81 bits per heavy atom. The normalized spacial score (nSPS) is 15.3. The highest BCUT2D eigenvalue weighted by Crippen LogP contribution is 2.33. The van der Waals surface area contributed by atoms with Crippen molar-refractivity contribution in [2.24, 2.45) is 0 Å². The molecule has 0 atom stereocenters. The molecule has 8 nitrogen and oxygen atoms in total. The Labute approximate surface area is 186 Å². The lowest BCUT2D eigenvalue weighted by atomic mass is 9.95. The number of hydrogen-bond acceptors (Lipinski definition) is 6. The van der Waals surface area contributed by atoms with Crippen LogP contribution >= 0.6 is 0 Å². The second kappa shape index (κ2) is 12.3. The third-order valence-corrected chi connectivity index (χ3v) is 7.23. The largest absolute Gasteiger partial charge is 0.493 e. The number of nitrogens with zero attached hydrogens (tertiary/aromatic N) is 1. The maximum Gasteiger partial charge on any atom is 0.243 e.